The Morgan fingerprint density at radius 2 is 2.00 bits per heavy atom. The van der Waals surface area contributed by atoms with Crippen molar-refractivity contribution in [2.45, 2.75) is 38.6 Å². The van der Waals surface area contributed by atoms with Gasteiger partial charge in [0.05, 0.1) is 0 Å². The zero-order valence-corrected chi connectivity index (χ0v) is 12.8. The molecule has 5 heteroatoms. The van der Waals surface area contributed by atoms with E-state index in [1.54, 1.807) is 6.07 Å². The van der Waals surface area contributed by atoms with Crippen LogP contribution in [0, 0.1) is 5.92 Å². The Labute approximate surface area is 125 Å². The average Bonchev–Trinajstić information content (AvgIpc) is 2.46. The summed E-state index contributed by atoms with van der Waals surface area (Å²) in [6.07, 6.45) is 4.86. The molecule has 1 aromatic carbocycles. The van der Waals surface area contributed by atoms with Crippen LogP contribution >= 0.6 is 11.6 Å². The third kappa shape index (κ3) is 3.18. The van der Waals surface area contributed by atoms with Crippen molar-refractivity contribution in [1.82, 2.24) is 0 Å². The molecule has 1 aliphatic rings. The molecular weight excluding hydrogens is 274 g/mol. The minimum atomic E-state index is 0.0959. The second kappa shape index (κ2) is 6.35. The van der Waals surface area contributed by atoms with Crippen LogP contribution in [0.25, 0.3) is 0 Å². The van der Waals surface area contributed by atoms with E-state index in [9.17, 15) is 0 Å². The van der Waals surface area contributed by atoms with E-state index in [0.717, 1.165) is 11.6 Å². The molecule has 1 saturated carbocycles. The van der Waals surface area contributed by atoms with Gasteiger partial charge in [-0.1, -0.05) is 23.7 Å². The fraction of sp³-hybridized carbons (Fsp3) is 0.533. The number of rotatable bonds is 3. The SMILES string of the molecule is CC1CCC(N(C)c2ccc(Cl)cc2C(N)=NO)CC1. The fourth-order valence-electron chi connectivity index (χ4n) is 2.90. The smallest absolute Gasteiger partial charge is 0.172 e. The fourth-order valence-corrected chi connectivity index (χ4v) is 3.07. The second-order valence-electron chi connectivity index (χ2n) is 5.67. The topological polar surface area (TPSA) is 61.8 Å². The third-order valence-corrected chi connectivity index (χ3v) is 4.49. The van der Waals surface area contributed by atoms with E-state index in [-0.39, 0.29) is 5.84 Å². The largest absolute Gasteiger partial charge is 0.409 e. The molecule has 2 rings (SSSR count). The van der Waals surface area contributed by atoms with Gasteiger partial charge < -0.3 is 15.8 Å². The summed E-state index contributed by atoms with van der Waals surface area (Å²) in [7, 11) is 2.07. The van der Waals surface area contributed by atoms with E-state index in [2.05, 4.69) is 24.0 Å². The molecule has 0 aromatic heterocycles. The van der Waals surface area contributed by atoms with Crippen LogP contribution in [-0.4, -0.2) is 24.1 Å². The first-order valence-corrected chi connectivity index (χ1v) is 7.41. The van der Waals surface area contributed by atoms with Gasteiger partial charge in [-0.2, -0.15) is 0 Å². The maximum Gasteiger partial charge on any atom is 0.172 e. The summed E-state index contributed by atoms with van der Waals surface area (Å²) in [5, 5.41) is 12.6. The molecule has 1 aliphatic carbocycles. The molecule has 0 aliphatic heterocycles. The number of benzene rings is 1. The van der Waals surface area contributed by atoms with Crippen molar-refractivity contribution in [3.05, 3.63) is 28.8 Å². The van der Waals surface area contributed by atoms with E-state index >= 15 is 0 Å². The van der Waals surface area contributed by atoms with Gasteiger partial charge in [-0.05, 0) is 49.8 Å². The van der Waals surface area contributed by atoms with E-state index in [0.29, 0.717) is 16.6 Å². The summed E-state index contributed by atoms with van der Waals surface area (Å²) >= 11 is 6.02. The zero-order chi connectivity index (χ0) is 14.7. The number of hydrogen-bond donors (Lipinski definition) is 2. The van der Waals surface area contributed by atoms with Crippen molar-refractivity contribution in [1.29, 1.82) is 0 Å². The normalized spacial score (nSPS) is 23.6. The van der Waals surface area contributed by atoms with Crippen LogP contribution in [0.2, 0.25) is 5.02 Å². The van der Waals surface area contributed by atoms with Crippen LogP contribution in [0.1, 0.15) is 38.2 Å². The van der Waals surface area contributed by atoms with Crippen molar-refractivity contribution in [3.63, 3.8) is 0 Å². The number of hydrogen-bond acceptors (Lipinski definition) is 3. The molecule has 0 heterocycles. The lowest BCUT2D eigenvalue weighted by Gasteiger charge is -2.36. The van der Waals surface area contributed by atoms with Gasteiger partial charge in [0, 0.05) is 29.4 Å². The Hall–Kier alpha value is -1.42. The summed E-state index contributed by atoms with van der Waals surface area (Å²) < 4.78 is 0. The molecule has 0 spiro atoms. The average molecular weight is 296 g/mol. The van der Waals surface area contributed by atoms with Crippen molar-refractivity contribution >= 4 is 23.1 Å². The van der Waals surface area contributed by atoms with Crippen molar-refractivity contribution in [2.75, 3.05) is 11.9 Å². The summed E-state index contributed by atoms with van der Waals surface area (Å²) in [6.45, 7) is 2.31. The van der Waals surface area contributed by atoms with Crippen LogP contribution in [0.15, 0.2) is 23.4 Å². The first kappa shape index (κ1) is 15.0. The summed E-state index contributed by atoms with van der Waals surface area (Å²) in [6, 6.07) is 6.02. The molecule has 0 unspecified atom stereocenters. The molecule has 20 heavy (non-hydrogen) atoms. The maximum absolute atomic E-state index is 8.93. The first-order chi connectivity index (χ1) is 9.52. The number of nitrogens with zero attached hydrogens (tertiary/aromatic N) is 2. The Bertz CT molecular complexity index is 496. The summed E-state index contributed by atoms with van der Waals surface area (Å²) in [5.74, 6) is 0.909. The van der Waals surface area contributed by atoms with Crippen LogP contribution in [-0.2, 0) is 0 Å². The van der Waals surface area contributed by atoms with Crippen molar-refractivity contribution < 1.29 is 5.21 Å². The second-order valence-corrected chi connectivity index (χ2v) is 6.11. The lowest BCUT2D eigenvalue weighted by molar-refractivity contribution is 0.318. The van der Waals surface area contributed by atoms with Crippen molar-refractivity contribution in [2.24, 2.45) is 16.8 Å². The van der Waals surface area contributed by atoms with Gasteiger partial charge in [-0.15, -0.1) is 0 Å². The van der Waals surface area contributed by atoms with E-state index in [1.165, 1.54) is 25.7 Å². The van der Waals surface area contributed by atoms with Gasteiger partial charge in [0.25, 0.3) is 0 Å². The van der Waals surface area contributed by atoms with Crippen molar-refractivity contribution in [3.8, 4) is 0 Å². The van der Waals surface area contributed by atoms with Gasteiger partial charge in [-0.3, -0.25) is 0 Å². The molecule has 1 fully saturated rings. The highest BCUT2D eigenvalue weighted by molar-refractivity contribution is 6.31. The minimum absolute atomic E-state index is 0.0959. The van der Waals surface area contributed by atoms with Crippen LogP contribution in [0.3, 0.4) is 0 Å². The minimum Gasteiger partial charge on any atom is -0.409 e. The zero-order valence-electron chi connectivity index (χ0n) is 12.0. The summed E-state index contributed by atoms with van der Waals surface area (Å²) in [5.41, 5.74) is 7.41. The van der Waals surface area contributed by atoms with Crippen LogP contribution in [0.4, 0.5) is 5.69 Å². The van der Waals surface area contributed by atoms with Crippen LogP contribution in [0.5, 0.6) is 0 Å². The van der Waals surface area contributed by atoms with Gasteiger partial charge in [0.15, 0.2) is 5.84 Å². The predicted octanol–water partition coefficient (Wildman–Crippen LogP) is 3.45. The van der Waals surface area contributed by atoms with Gasteiger partial charge in [-0.25, -0.2) is 0 Å². The van der Waals surface area contributed by atoms with Crippen LogP contribution < -0.4 is 10.6 Å². The Balaban J connectivity index is 2.27. The number of oxime groups is 1. The lowest BCUT2D eigenvalue weighted by Crippen LogP contribution is -2.36. The maximum atomic E-state index is 8.93. The van der Waals surface area contributed by atoms with Gasteiger partial charge in [0.2, 0.25) is 0 Å². The van der Waals surface area contributed by atoms with E-state index < -0.39 is 0 Å². The number of nitrogens with two attached hydrogens (primary N) is 1. The van der Waals surface area contributed by atoms with E-state index in [1.807, 2.05) is 12.1 Å². The molecule has 110 valence electrons. The third-order valence-electron chi connectivity index (χ3n) is 4.26. The quantitative estimate of drug-likeness (QED) is 0.388. The molecule has 4 nitrogen and oxygen atoms in total. The lowest BCUT2D eigenvalue weighted by atomic mass is 9.86. The molecule has 0 amide bonds. The molecule has 1 aromatic rings. The highest BCUT2D eigenvalue weighted by atomic mass is 35.5. The Morgan fingerprint density at radius 1 is 1.35 bits per heavy atom. The molecule has 0 atom stereocenters. The molecule has 0 radical (unpaired) electrons. The first-order valence-electron chi connectivity index (χ1n) is 7.03. The highest BCUT2D eigenvalue weighted by Crippen LogP contribution is 2.31. The predicted molar refractivity (Wildman–Crippen MR) is 83.8 cm³/mol. The van der Waals surface area contributed by atoms with E-state index in [4.69, 9.17) is 22.5 Å². The number of anilines is 1. The molecule has 3 N–H and O–H groups in total. The number of halogens is 1. The standard InChI is InChI=1S/C15H22ClN3O/c1-10-3-6-12(7-4-10)19(2)14-8-5-11(16)9-13(14)15(17)18-20/h5,8-10,12,20H,3-4,6-7H2,1-2H3,(H2,17,18). The summed E-state index contributed by atoms with van der Waals surface area (Å²) in [4.78, 5) is 2.23. The Kier molecular flexibility index (Phi) is 4.76. The molecule has 0 saturated heterocycles. The highest BCUT2D eigenvalue weighted by Gasteiger charge is 2.24. The number of amidine groups is 1. The molecule has 0 bridgehead atoms. The Morgan fingerprint density at radius 3 is 2.60 bits per heavy atom. The van der Waals surface area contributed by atoms with Gasteiger partial charge >= 0.3 is 0 Å². The monoisotopic (exact) mass is 295 g/mol. The van der Waals surface area contributed by atoms with Gasteiger partial charge in [0.1, 0.15) is 0 Å². The molecular formula is C15H22ClN3O.